The summed E-state index contributed by atoms with van der Waals surface area (Å²) in [7, 11) is 1.46. The van der Waals surface area contributed by atoms with Gasteiger partial charge in [-0.15, -0.1) is 0 Å². The van der Waals surface area contributed by atoms with Crippen molar-refractivity contribution in [3.8, 4) is 11.4 Å². The van der Waals surface area contributed by atoms with E-state index >= 15 is 0 Å². The third-order valence-electron chi connectivity index (χ3n) is 5.19. The highest BCUT2D eigenvalue weighted by Crippen LogP contribution is 2.22. The van der Waals surface area contributed by atoms with E-state index in [-0.39, 0.29) is 17.4 Å². The first-order valence-electron chi connectivity index (χ1n) is 9.82. The number of para-hydroxylation sites is 1. The van der Waals surface area contributed by atoms with Gasteiger partial charge in [0, 0.05) is 13.1 Å². The number of carbonyl (C=O) groups excluding carboxylic acids is 2. The topological polar surface area (TPSA) is 73.7 Å². The monoisotopic (exact) mass is 405 g/mol. The fourth-order valence-electron chi connectivity index (χ4n) is 3.57. The van der Waals surface area contributed by atoms with Crippen molar-refractivity contribution in [2.75, 3.05) is 13.7 Å². The maximum absolute atomic E-state index is 12.8. The van der Waals surface area contributed by atoms with E-state index in [9.17, 15) is 9.59 Å². The highest BCUT2D eigenvalue weighted by molar-refractivity contribution is 5.93. The zero-order valence-electron chi connectivity index (χ0n) is 16.9. The summed E-state index contributed by atoms with van der Waals surface area (Å²) in [6.45, 7) is 2.70. The summed E-state index contributed by atoms with van der Waals surface area (Å²) in [4.78, 5) is 27.3. The molecule has 154 valence electrons. The Kier molecular flexibility index (Phi) is 5.52. The van der Waals surface area contributed by atoms with E-state index in [1.165, 1.54) is 12.7 Å². The molecule has 0 saturated carbocycles. The van der Waals surface area contributed by atoms with E-state index in [0.29, 0.717) is 13.1 Å². The zero-order valence-corrected chi connectivity index (χ0v) is 16.9. The van der Waals surface area contributed by atoms with Crippen LogP contribution in [-0.4, -0.2) is 46.3 Å². The molecule has 30 heavy (non-hydrogen) atoms. The molecule has 7 nitrogen and oxygen atoms in total. The average molecular weight is 405 g/mol. The van der Waals surface area contributed by atoms with Crippen molar-refractivity contribution in [3.05, 3.63) is 77.6 Å². The highest BCUT2D eigenvalue weighted by Gasteiger charge is 2.29. The molecule has 1 aliphatic rings. The molecule has 0 N–H and O–H groups in total. The van der Waals surface area contributed by atoms with Crippen molar-refractivity contribution in [1.82, 2.24) is 14.7 Å². The Labute approximate surface area is 174 Å². The lowest BCUT2D eigenvalue weighted by Crippen LogP contribution is -2.42. The van der Waals surface area contributed by atoms with Crippen molar-refractivity contribution >= 4 is 11.9 Å². The molecule has 1 aliphatic heterocycles. The van der Waals surface area contributed by atoms with Crippen LogP contribution < -0.4 is 4.74 Å². The molecular formula is C23H23N3O4. The predicted octanol–water partition coefficient (Wildman–Crippen LogP) is 3.01. The summed E-state index contributed by atoms with van der Waals surface area (Å²) in [5.74, 6) is -0.630. The van der Waals surface area contributed by atoms with E-state index in [4.69, 9.17) is 9.47 Å². The normalized spacial score (nSPS) is 14.0. The number of ether oxygens (including phenoxy) is 2. The largest absolute Gasteiger partial charge is 0.493 e. The van der Waals surface area contributed by atoms with Crippen LogP contribution in [0.2, 0.25) is 0 Å². The molecule has 1 amide bonds. The van der Waals surface area contributed by atoms with Crippen LogP contribution in [0.3, 0.4) is 0 Å². The lowest BCUT2D eigenvalue weighted by molar-refractivity contribution is -0.140. The fourth-order valence-corrected chi connectivity index (χ4v) is 3.57. The van der Waals surface area contributed by atoms with Gasteiger partial charge in [-0.05, 0) is 36.6 Å². The van der Waals surface area contributed by atoms with Gasteiger partial charge in [0.05, 0.1) is 19.0 Å². The molecule has 0 fully saturated rings. The Hall–Kier alpha value is -3.61. The standard InChI is InChI=1S/C23H23N3O4/c1-16(22(27)25-13-12-17-8-6-7-9-18(17)14-25)30-23(28)21-20(29-2)15-26(24-21)19-10-4-3-5-11-19/h3-11,15-16H,12-14H2,1-2H3. The number of hydrogen-bond acceptors (Lipinski definition) is 5. The van der Waals surface area contributed by atoms with Gasteiger partial charge in [-0.2, -0.15) is 5.10 Å². The fraction of sp³-hybridized carbons (Fsp3) is 0.261. The van der Waals surface area contributed by atoms with E-state index < -0.39 is 12.1 Å². The molecule has 0 bridgehead atoms. The quantitative estimate of drug-likeness (QED) is 0.610. The molecule has 4 rings (SSSR count). The van der Waals surface area contributed by atoms with Crippen LogP contribution in [-0.2, 0) is 22.5 Å². The number of aromatic nitrogens is 2. The van der Waals surface area contributed by atoms with Gasteiger partial charge in [-0.3, -0.25) is 4.79 Å². The predicted molar refractivity (Wildman–Crippen MR) is 111 cm³/mol. The molecule has 1 aromatic heterocycles. The molecule has 2 heterocycles. The van der Waals surface area contributed by atoms with E-state index in [0.717, 1.165) is 17.7 Å². The Morgan fingerprint density at radius 3 is 2.47 bits per heavy atom. The van der Waals surface area contributed by atoms with Crippen LogP contribution in [0, 0.1) is 0 Å². The highest BCUT2D eigenvalue weighted by atomic mass is 16.6. The number of amides is 1. The first-order valence-corrected chi connectivity index (χ1v) is 9.82. The summed E-state index contributed by atoms with van der Waals surface area (Å²) in [6, 6.07) is 17.4. The minimum absolute atomic E-state index is 0.0324. The number of rotatable bonds is 5. The SMILES string of the molecule is COc1cn(-c2ccccc2)nc1C(=O)OC(C)C(=O)N1CCc2ccccc2C1. The molecule has 0 spiro atoms. The van der Waals surface area contributed by atoms with Crippen molar-refractivity contribution < 1.29 is 19.1 Å². The maximum Gasteiger partial charge on any atom is 0.363 e. The second-order valence-corrected chi connectivity index (χ2v) is 7.15. The number of esters is 1. The Balaban J connectivity index is 1.46. The zero-order chi connectivity index (χ0) is 21.1. The number of hydrogen-bond donors (Lipinski definition) is 0. The number of carbonyl (C=O) groups is 2. The van der Waals surface area contributed by atoms with E-state index in [1.54, 1.807) is 22.7 Å². The second kappa shape index (κ2) is 8.41. The molecule has 2 aromatic carbocycles. The van der Waals surface area contributed by atoms with Gasteiger partial charge in [-0.25, -0.2) is 9.48 Å². The molecule has 0 radical (unpaired) electrons. The van der Waals surface area contributed by atoms with Gasteiger partial charge in [0.15, 0.2) is 11.9 Å². The minimum Gasteiger partial charge on any atom is -0.493 e. The van der Waals surface area contributed by atoms with Crippen LogP contribution in [0.1, 0.15) is 28.5 Å². The van der Waals surface area contributed by atoms with Crippen molar-refractivity contribution in [3.63, 3.8) is 0 Å². The molecule has 7 heteroatoms. The second-order valence-electron chi connectivity index (χ2n) is 7.15. The van der Waals surface area contributed by atoms with Crippen molar-refractivity contribution in [2.24, 2.45) is 0 Å². The van der Waals surface area contributed by atoms with E-state index in [1.807, 2.05) is 48.5 Å². The summed E-state index contributed by atoms with van der Waals surface area (Å²) in [5.41, 5.74) is 3.19. The molecule has 3 aromatic rings. The molecule has 1 unspecified atom stereocenters. The number of benzene rings is 2. The average Bonchev–Trinajstić information content (AvgIpc) is 3.23. The minimum atomic E-state index is -0.922. The lowest BCUT2D eigenvalue weighted by atomic mass is 9.99. The first-order chi connectivity index (χ1) is 14.6. The third-order valence-corrected chi connectivity index (χ3v) is 5.19. The smallest absolute Gasteiger partial charge is 0.363 e. The van der Waals surface area contributed by atoms with Crippen molar-refractivity contribution in [1.29, 1.82) is 0 Å². The first kappa shape index (κ1) is 19.7. The molecule has 0 saturated heterocycles. The van der Waals surface area contributed by atoms with Gasteiger partial charge in [0.2, 0.25) is 5.69 Å². The number of methoxy groups -OCH3 is 1. The van der Waals surface area contributed by atoms with Crippen LogP contribution in [0.5, 0.6) is 5.75 Å². The summed E-state index contributed by atoms with van der Waals surface area (Å²) >= 11 is 0. The lowest BCUT2D eigenvalue weighted by Gasteiger charge is -2.30. The van der Waals surface area contributed by atoms with Gasteiger partial charge >= 0.3 is 5.97 Å². The third kappa shape index (κ3) is 3.91. The summed E-state index contributed by atoms with van der Waals surface area (Å²) in [5, 5.41) is 4.30. The Morgan fingerprint density at radius 2 is 1.73 bits per heavy atom. The molecule has 1 atom stereocenters. The van der Waals surface area contributed by atoms with Crippen molar-refractivity contribution in [2.45, 2.75) is 26.0 Å². The number of fused-ring (bicyclic) bond motifs is 1. The molecule has 0 aliphatic carbocycles. The summed E-state index contributed by atoms with van der Waals surface area (Å²) < 4.78 is 12.3. The Bertz CT molecular complexity index is 1060. The molecular weight excluding hydrogens is 382 g/mol. The summed E-state index contributed by atoms with van der Waals surface area (Å²) in [6.07, 6.45) is 1.48. The Morgan fingerprint density at radius 1 is 1.03 bits per heavy atom. The van der Waals surface area contributed by atoms with Crippen LogP contribution in [0.4, 0.5) is 0 Å². The number of nitrogens with zero attached hydrogens (tertiary/aromatic N) is 3. The van der Waals surface area contributed by atoms with Crippen LogP contribution in [0.25, 0.3) is 5.69 Å². The van der Waals surface area contributed by atoms with Gasteiger partial charge < -0.3 is 14.4 Å². The van der Waals surface area contributed by atoms with Gasteiger partial charge in [0.1, 0.15) is 0 Å². The van der Waals surface area contributed by atoms with Crippen LogP contribution in [0.15, 0.2) is 60.8 Å². The van der Waals surface area contributed by atoms with Crippen LogP contribution >= 0.6 is 0 Å². The van der Waals surface area contributed by atoms with E-state index in [2.05, 4.69) is 11.2 Å². The maximum atomic E-state index is 12.8. The van der Waals surface area contributed by atoms with Gasteiger partial charge in [0.25, 0.3) is 5.91 Å². The van der Waals surface area contributed by atoms with Gasteiger partial charge in [-0.1, -0.05) is 42.5 Å².